The van der Waals surface area contributed by atoms with Gasteiger partial charge in [-0.2, -0.15) is 0 Å². The zero-order chi connectivity index (χ0) is 33.0. The summed E-state index contributed by atoms with van der Waals surface area (Å²) in [7, 11) is 0. The number of nitrogens with zero attached hydrogens (tertiary/aromatic N) is 4. The molecule has 50 heavy (non-hydrogen) atoms. The fourth-order valence-corrected chi connectivity index (χ4v) is 6.68. The van der Waals surface area contributed by atoms with E-state index in [9.17, 15) is 0 Å². The van der Waals surface area contributed by atoms with E-state index < -0.39 is 0 Å². The Balaban J connectivity index is 1.10. The summed E-state index contributed by atoms with van der Waals surface area (Å²) in [6.07, 6.45) is 0. The van der Waals surface area contributed by atoms with Crippen molar-refractivity contribution in [2.75, 3.05) is 0 Å². The SMILES string of the molecule is c1ccc(-c2nc(-c3ccccc3)nc(-c3ccc4ccc(-c5cccc6oc7cc8oc(-c9ccccc9)nc8cc7c56)cc4c3)n2)cc1. The van der Waals surface area contributed by atoms with Crippen LogP contribution in [0.2, 0.25) is 0 Å². The van der Waals surface area contributed by atoms with Crippen molar-refractivity contribution in [1.29, 1.82) is 0 Å². The lowest BCUT2D eigenvalue weighted by Crippen LogP contribution is -2.00. The van der Waals surface area contributed by atoms with Crippen molar-refractivity contribution in [3.05, 3.63) is 158 Å². The Morgan fingerprint density at radius 1 is 0.360 bits per heavy atom. The molecule has 0 unspecified atom stereocenters. The van der Waals surface area contributed by atoms with Gasteiger partial charge in [0.1, 0.15) is 16.7 Å². The third kappa shape index (κ3) is 4.81. The van der Waals surface area contributed by atoms with E-state index >= 15 is 0 Å². The number of hydrogen-bond donors (Lipinski definition) is 0. The molecule has 0 atom stereocenters. The molecular formula is C44H26N4O2. The third-order valence-corrected chi connectivity index (χ3v) is 9.13. The van der Waals surface area contributed by atoms with Crippen LogP contribution >= 0.6 is 0 Å². The summed E-state index contributed by atoms with van der Waals surface area (Å²) in [5.41, 5.74) is 8.96. The molecule has 0 aliphatic heterocycles. The lowest BCUT2D eigenvalue weighted by Gasteiger charge is -2.10. The highest BCUT2D eigenvalue weighted by Crippen LogP contribution is 2.40. The van der Waals surface area contributed by atoms with Crippen molar-refractivity contribution in [3.8, 4) is 56.7 Å². The zero-order valence-corrected chi connectivity index (χ0v) is 26.6. The van der Waals surface area contributed by atoms with Crippen LogP contribution in [0.5, 0.6) is 0 Å². The van der Waals surface area contributed by atoms with Crippen LogP contribution in [0, 0.1) is 0 Å². The molecule has 3 heterocycles. The third-order valence-electron chi connectivity index (χ3n) is 9.13. The molecule has 6 nitrogen and oxygen atoms in total. The van der Waals surface area contributed by atoms with Gasteiger partial charge in [0.25, 0.3) is 0 Å². The summed E-state index contributed by atoms with van der Waals surface area (Å²) in [5, 5.41) is 4.25. The normalized spacial score (nSPS) is 11.6. The molecule has 0 saturated carbocycles. The van der Waals surface area contributed by atoms with Gasteiger partial charge in [0.15, 0.2) is 23.1 Å². The monoisotopic (exact) mass is 642 g/mol. The Morgan fingerprint density at radius 3 is 1.64 bits per heavy atom. The second-order valence-corrected chi connectivity index (χ2v) is 12.3. The van der Waals surface area contributed by atoms with E-state index in [0.717, 1.165) is 71.6 Å². The maximum atomic E-state index is 6.39. The van der Waals surface area contributed by atoms with Gasteiger partial charge in [0.2, 0.25) is 5.89 Å². The summed E-state index contributed by atoms with van der Waals surface area (Å²) in [4.78, 5) is 19.6. The molecule has 0 spiro atoms. The van der Waals surface area contributed by atoms with E-state index in [4.69, 9.17) is 28.8 Å². The quantitative estimate of drug-likeness (QED) is 0.186. The number of benzene rings is 7. The minimum Gasteiger partial charge on any atom is -0.456 e. The Bertz CT molecular complexity index is 2800. The van der Waals surface area contributed by atoms with Crippen molar-refractivity contribution < 1.29 is 8.83 Å². The van der Waals surface area contributed by atoms with Crippen molar-refractivity contribution in [2.45, 2.75) is 0 Å². The molecule has 7 aromatic carbocycles. The smallest absolute Gasteiger partial charge is 0.227 e. The predicted octanol–water partition coefficient (Wildman–Crippen LogP) is 11.4. The van der Waals surface area contributed by atoms with Crippen LogP contribution < -0.4 is 0 Å². The first kappa shape index (κ1) is 28.1. The van der Waals surface area contributed by atoms with E-state index in [1.807, 2.05) is 109 Å². The molecule has 0 N–H and O–H groups in total. The number of fused-ring (bicyclic) bond motifs is 5. The summed E-state index contributed by atoms with van der Waals surface area (Å²) in [6.45, 7) is 0. The van der Waals surface area contributed by atoms with Gasteiger partial charge in [0, 0.05) is 39.1 Å². The van der Waals surface area contributed by atoms with Gasteiger partial charge >= 0.3 is 0 Å². The molecule has 0 amide bonds. The fraction of sp³-hybridized carbons (Fsp3) is 0. The highest BCUT2D eigenvalue weighted by molar-refractivity contribution is 6.15. The number of aromatic nitrogens is 4. The van der Waals surface area contributed by atoms with Gasteiger partial charge in [-0.25, -0.2) is 19.9 Å². The van der Waals surface area contributed by atoms with Crippen LogP contribution in [0.15, 0.2) is 167 Å². The average Bonchev–Trinajstić information content (AvgIpc) is 3.78. The molecule has 10 aromatic rings. The summed E-state index contributed by atoms with van der Waals surface area (Å²) in [5.74, 6) is 2.49. The average molecular weight is 643 g/mol. The van der Waals surface area contributed by atoms with E-state index in [0.29, 0.717) is 28.9 Å². The molecule has 0 bridgehead atoms. The van der Waals surface area contributed by atoms with Gasteiger partial charge in [-0.3, -0.25) is 0 Å². The van der Waals surface area contributed by atoms with Crippen LogP contribution in [0.4, 0.5) is 0 Å². The van der Waals surface area contributed by atoms with Crippen molar-refractivity contribution in [1.82, 2.24) is 19.9 Å². The Hall–Kier alpha value is -6.92. The Labute approximate surface area is 286 Å². The topological polar surface area (TPSA) is 77.8 Å². The van der Waals surface area contributed by atoms with Crippen LogP contribution in [-0.4, -0.2) is 19.9 Å². The number of furan rings is 1. The molecule has 0 saturated heterocycles. The standard InChI is InChI=1S/C44H26N4O2/c1-4-11-28(12-5-1)41-46-42(29-13-6-2-7-14-29)48-43(47-41)32-22-20-27-19-21-31(23-33(27)24-32)34-17-10-18-37-40(34)35-25-36-39(26-38(35)49-37)50-44(45-36)30-15-8-3-9-16-30/h1-26H. The number of hydrogen-bond acceptors (Lipinski definition) is 6. The molecule has 0 radical (unpaired) electrons. The molecule has 3 aromatic heterocycles. The zero-order valence-electron chi connectivity index (χ0n) is 26.6. The largest absolute Gasteiger partial charge is 0.456 e. The van der Waals surface area contributed by atoms with Gasteiger partial charge in [-0.05, 0) is 58.3 Å². The lowest BCUT2D eigenvalue weighted by molar-refractivity contribution is 0.617. The molecule has 0 aliphatic carbocycles. The first-order chi connectivity index (χ1) is 24.7. The summed E-state index contributed by atoms with van der Waals surface area (Å²) in [6, 6.07) is 53.2. The van der Waals surface area contributed by atoms with Crippen LogP contribution in [-0.2, 0) is 0 Å². The Morgan fingerprint density at radius 2 is 0.960 bits per heavy atom. The van der Waals surface area contributed by atoms with E-state index in [1.165, 1.54) is 0 Å². The molecule has 0 aliphatic rings. The van der Waals surface area contributed by atoms with Gasteiger partial charge in [-0.1, -0.05) is 115 Å². The van der Waals surface area contributed by atoms with E-state index in [1.54, 1.807) is 0 Å². The van der Waals surface area contributed by atoms with Gasteiger partial charge < -0.3 is 8.83 Å². The van der Waals surface area contributed by atoms with Crippen LogP contribution in [0.1, 0.15) is 0 Å². The van der Waals surface area contributed by atoms with Crippen molar-refractivity contribution >= 4 is 43.8 Å². The second kappa shape index (κ2) is 11.4. The number of rotatable bonds is 5. The first-order valence-electron chi connectivity index (χ1n) is 16.5. The molecular weight excluding hydrogens is 617 g/mol. The minimum atomic E-state index is 0.591. The maximum Gasteiger partial charge on any atom is 0.227 e. The fourth-order valence-electron chi connectivity index (χ4n) is 6.68. The predicted molar refractivity (Wildman–Crippen MR) is 199 cm³/mol. The highest BCUT2D eigenvalue weighted by atomic mass is 16.4. The lowest BCUT2D eigenvalue weighted by atomic mass is 9.96. The first-order valence-corrected chi connectivity index (χ1v) is 16.5. The summed E-state index contributed by atoms with van der Waals surface area (Å²) < 4.78 is 12.5. The molecule has 6 heteroatoms. The maximum absolute atomic E-state index is 6.39. The highest BCUT2D eigenvalue weighted by Gasteiger charge is 2.18. The van der Waals surface area contributed by atoms with Gasteiger partial charge in [0.05, 0.1) is 0 Å². The van der Waals surface area contributed by atoms with E-state index in [2.05, 4.69) is 48.5 Å². The van der Waals surface area contributed by atoms with Crippen molar-refractivity contribution in [2.24, 2.45) is 0 Å². The van der Waals surface area contributed by atoms with Gasteiger partial charge in [-0.15, -0.1) is 0 Å². The molecule has 234 valence electrons. The molecule has 10 rings (SSSR count). The second-order valence-electron chi connectivity index (χ2n) is 12.3. The Kier molecular flexibility index (Phi) is 6.39. The minimum absolute atomic E-state index is 0.591. The van der Waals surface area contributed by atoms with Crippen LogP contribution in [0.25, 0.3) is 101 Å². The van der Waals surface area contributed by atoms with E-state index in [-0.39, 0.29) is 0 Å². The van der Waals surface area contributed by atoms with Crippen molar-refractivity contribution in [3.63, 3.8) is 0 Å². The number of oxazole rings is 1. The van der Waals surface area contributed by atoms with Crippen LogP contribution in [0.3, 0.4) is 0 Å². The summed E-state index contributed by atoms with van der Waals surface area (Å²) >= 11 is 0. The molecule has 0 fully saturated rings.